The normalized spacial score (nSPS) is 49.9. The van der Waals surface area contributed by atoms with Crippen LogP contribution in [0.2, 0.25) is 0 Å². The molecule has 24 heavy (non-hydrogen) atoms. The summed E-state index contributed by atoms with van der Waals surface area (Å²) in [5.41, 5.74) is 1.61. The maximum atomic E-state index is 12.3. The van der Waals surface area contributed by atoms with Crippen molar-refractivity contribution in [3.05, 3.63) is 23.8 Å². The van der Waals surface area contributed by atoms with Crippen LogP contribution >= 0.6 is 0 Å². The molecule has 2 heteroatoms. The molecule has 2 nitrogen and oxygen atoms in total. The van der Waals surface area contributed by atoms with Crippen molar-refractivity contribution in [2.75, 3.05) is 0 Å². The van der Waals surface area contributed by atoms with Crippen LogP contribution in [0.15, 0.2) is 23.8 Å². The largest absolute Gasteiger partial charge is 0.300 e. The Hall–Kier alpha value is -1.18. The van der Waals surface area contributed by atoms with Crippen molar-refractivity contribution in [1.82, 2.24) is 0 Å². The van der Waals surface area contributed by atoms with Gasteiger partial charge in [0.1, 0.15) is 5.78 Å². The highest BCUT2D eigenvalue weighted by molar-refractivity contribution is 6.01. The van der Waals surface area contributed by atoms with Crippen LogP contribution < -0.4 is 0 Å². The number of rotatable bonds is 1. The molecule has 0 aromatic heterocycles. The monoisotopic (exact) mass is 326 g/mol. The van der Waals surface area contributed by atoms with E-state index in [0.717, 1.165) is 12.8 Å². The van der Waals surface area contributed by atoms with E-state index in [1.165, 1.54) is 24.8 Å². The van der Waals surface area contributed by atoms with Gasteiger partial charge in [-0.15, -0.1) is 0 Å². The highest BCUT2D eigenvalue weighted by Gasteiger charge is 2.61. The van der Waals surface area contributed by atoms with Gasteiger partial charge in [-0.3, -0.25) is 9.59 Å². The Bertz CT molecular complexity index is 657. The first-order valence-corrected chi connectivity index (χ1v) is 9.72. The zero-order valence-electron chi connectivity index (χ0n) is 15.5. The van der Waals surface area contributed by atoms with Crippen molar-refractivity contribution >= 4 is 11.6 Å². The summed E-state index contributed by atoms with van der Waals surface area (Å²) in [6.07, 6.45) is 11.7. The van der Waals surface area contributed by atoms with Gasteiger partial charge in [-0.25, -0.2) is 0 Å². The van der Waals surface area contributed by atoms with Gasteiger partial charge in [-0.05, 0) is 80.3 Å². The maximum Gasteiger partial charge on any atom is 0.178 e. The average Bonchev–Trinajstić information content (AvgIpc) is 2.78. The van der Waals surface area contributed by atoms with E-state index < -0.39 is 0 Å². The second-order valence-electron chi connectivity index (χ2n) is 9.45. The van der Waals surface area contributed by atoms with E-state index in [4.69, 9.17) is 0 Å². The Morgan fingerprint density at radius 1 is 1.21 bits per heavy atom. The average molecular weight is 326 g/mol. The SMILES string of the molecule is CC(=O)[C@H]1[C@@H](C)C[C@H]2[C@@H]3CCC4=CC(=O)C=C[C@]4(C)[C@H]3CC[C@@]21C. The van der Waals surface area contributed by atoms with Crippen LogP contribution in [0.3, 0.4) is 0 Å². The number of hydrogen-bond donors (Lipinski definition) is 0. The highest BCUT2D eigenvalue weighted by atomic mass is 16.1. The molecule has 0 bridgehead atoms. The molecule has 0 aromatic carbocycles. The van der Waals surface area contributed by atoms with Gasteiger partial charge in [0.05, 0.1) is 0 Å². The summed E-state index contributed by atoms with van der Waals surface area (Å²) in [6, 6.07) is 0. The van der Waals surface area contributed by atoms with Crippen molar-refractivity contribution < 1.29 is 9.59 Å². The predicted molar refractivity (Wildman–Crippen MR) is 95.3 cm³/mol. The molecule has 4 aliphatic rings. The van der Waals surface area contributed by atoms with Crippen LogP contribution in [0.1, 0.15) is 59.8 Å². The highest BCUT2D eigenvalue weighted by Crippen LogP contribution is 2.67. The van der Waals surface area contributed by atoms with E-state index in [0.29, 0.717) is 29.5 Å². The van der Waals surface area contributed by atoms with E-state index in [2.05, 4.69) is 26.8 Å². The number of Topliss-reactive ketones (excluding diaryl/α,β-unsaturated/α-hetero) is 1. The lowest BCUT2D eigenvalue weighted by atomic mass is 9.47. The van der Waals surface area contributed by atoms with E-state index >= 15 is 0 Å². The molecular weight excluding hydrogens is 296 g/mol. The van der Waals surface area contributed by atoms with Crippen LogP contribution in [-0.4, -0.2) is 11.6 Å². The van der Waals surface area contributed by atoms with E-state index in [-0.39, 0.29) is 22.5 Å². The lowest BCUT2D eigenvalue weighted by molar-refractivity contribution is -0.128. The third-order valence-corrected chi connectivity index (χ3v) is 8.34. The molecular formula is C22H30O2. The lowest BCUT2D eigenvalue weighted by Gasteiger charge is -2.56. The van der Waals surface area contributed by atoms with Crippen LogP contribution in [-0.2, 0) is 9.59 Å². The van der Waals surface area contributed by atoms with Gasteiger partial charge < -0.3 is 0 Å². The molecule has 7 atom stereocenters. The third kappa shape index (κ3) is 2.01. The number of allylic oxidation sites excluding steroid dienone is 4. The standard InChI is InChI=1S/C22H30O2/c1-13-11-19-17-6-5-15-12-16(24)7-9-21(15,3)18(17)8-10-22(19,4)20(13)14(2)23/h7,9,12-13,17-20H,5-6,8,10-11H2,1-4H3/t13-,17+,18-,19-,20+,21-,22-/m0/s1. The van der Waals surface area contributed by atoms with Crippen molar-refractivity contribution in [2.45, 2.75) is 59.8 Å². The Balaban J connectivity index is 1.70. The van der Waals surface area contributed by atoms with Gasteiger partial charge in [0.15, 0.2) is 5.78 Å². The molecule has 0 amide bonds. The quantitative estimate of drug-likeness (QED) is 0.697. The maximum absolute atomic E-state index is 12.3. The molecule has 0 heterocycles. The summed E-state index contributed by atoms with van der Waals surface area (Å²) >= 11 is 0. The minimum absolute atomic E-state index is 0.0652. The third-order valence-electron chi connectivity index (χ3n) is 8.34. The molecule has 130 valence electrons. The lowest BCUT2D eigenvalue weighted by Crippen LogP contribution is -2.50. The van der Waals surface area contributed by atoms with Crippen LogP contribution in [0.4, 0.5) is 0 Å². The van der Waals surface area contributed by atoms with Gasteiger partial charge in [-0.1, -0.05) is 32.4 Å². The fraction of sp³-hybridized carbons (Fsp3) is 0.727. The Morgan fingerprint density at radius 3 is 2.67 bits per heavy atom. The van der Waals surface area contributed by atoms with Crippen molar-refractivity contribution in [1.29, 1.82) is 0 Å². The van der Waals surface area contributed by atoms with Crippen molar-refractivity contribution in [3.8, 4) is 0 Å². The smallest absolute Gasteiger partial charge is 0.178 e. The van der Waals surface area contributed by atoms with Crippen LogP contribution in [0.25, 0.3) is 0 Å². The number of hydrogen-bond acceptors (Lipinski definition) is 2. The number of carbonyl (C=O) groups excluding carboxylic acids is 2. The van der Waals surface area contributed by atoms with Gasteiger partial charge in [0.25, 0.3) is 0 Å². The minimum Gasteiger partial charge on any atom is -0.300 e. The zero-order valence-corrected chi connectivity index (χ0v) is 15.5. The molecule has 0 spiro atoms. The Labute approximate surface area is 145 Å². The second-order valence-corrected chi connectivity index (χ2v) is 9.45. The molecule has 4 aliphatic carbocycles. The fourth-order valence-electron chi connectivity index (χ4n) is 7.43. The molecule has 0 aliphatic heterocycles. The van der Waals surface area contributed by atoms with E-state index in [1.54, 1.807) is 13.0 Å². The number of fused-ring (bicyclic) bond motifs is 5. The molecule has 0 radical (unpaired) electrons. The fourth-order valence-corrected chi connectivity index (χ4v) is 7.43. The van der Waals surface area contributed by atoms with Gasteiger partial charge in [0, 0.05) is 11.3 Å². The zero-order chi connectivity index (χ0) is 17.3. The Kier molecular flexibility index (Phi) is 3.50. The molecule has 3 fully saturated rings. The number of carbonyl (C=O) groups is 2. The van der Waals surface area contributed by atoms with Crippen LogP contribution in [0.5, 0.6) is 0 Å². The minimum atomic E-state index is 0.0652. The van der Waals surface area contributed by atoms with Crippen molar-refractivity contribution in [2.24, 2.45) is 40.4 Å². The Morgan fingerprint density at radius 2 is 1.96 bits per heavy atom. The molecule has 3 saturated carbocycles. The topological polar surface area (TPSA) is 34.1 Å². The van der Waals surface area contributed by atoms with Crippen LogP contribution in [0, 0.1) is 40.4 Å². The summed E-state index contributed by atoms with van der Waals surface area (Å²) in [7, 11) is 0. The van der Waals surface area contributed by atoms with Gasteiger partial charge in [0.2, 0.25) is 0 Å². The first-order chi connectivity index (χ1) is 11.3. The molecule has 0 unspecified atom stereocenters. The second kappa shape index (κ2) is 5.16. The molecule has 0 N–H and O–H groups in total. The molecule has 0 saturated heterocycles. The van der Waals surface area contributed by atoms with Crippen molar-refractivity contribution in [3.63, 3.8) is 0 Å². The number of ketones is 2. The molecule has 4 rings (SSSR count). The van der Waals surface area contributed by atoms with Gasteiger partial charge in [-0.2, -0.15) is 0 Å². The van der Waals surface area contributed by atoms with E-state index in [9.17, 15) is 9.59 Å². The van der Waals surface area contributed by atoms with Gasteiger partial charge >= 0.3 is 0 Å². The predicted octanol–water partition coefficient (Wildman–Crippen LogP) is 4.75. The van der Waals surface area contributed by atoms with E-state index in [1.807, 2.05) is 6.08 Å². The summed E-state index contributed by atoms with van der Waals surface area (Å²) < 4.78 is 0. The summed E-state index contributed by atoms with van der Waals surface area (Å²) in [5.74, 6) is 3.34. The summed E-state index contributed by atoms with van der Waals surface area (Å²) in [6.45, 7) is 8.85. The molecule has 0 aromatic rings. The summed E-state index contributed by atoms with van der Waals surface area (Å²) in [5, 5.41) is 0. The summed E-state index contributed by atoms with van der Waals surface area (Å²) in [4.78, 5) is 24.2. The first-order valence-electron chi connectivity index (χ1n) is 9.72. The first kappa shape index (κ1) is 16.3.